The lowest BCUT2D eigenvalue weighted by atomic mass is 9.82. The molecular formula is C36H46O5. The number of esters is 1. The molecule has 0 saturated carbocycles. The van der Waals surface area contributed by atoms with E-state index < -0.39 is 5.41 Å². The number of aryl methyl sites for hydroxylation is 3. The van der Waals surface area contributed by atoms with Gasteiger partial charge in [-0.1, -0.05) is 80.9 Å². The fraction of sp³-hybridized carbons (Fsp3) is 0.417. The SMILES string of the molecule is C=C(C)C(=O)OCCCc1cc(-c2ccc(-c3ccc(C)cc3)cc2CC)ccc1OCCC(CO)(CO)CCC. The van der Waals surface area contributed by atoms with Crippen LogP contribution in [0.2, 0.25) is 0 Å². The van der Waals surface area contributed by atoms with Crippen LogP contribution in [0.15, 0.2) is 72.8 Å². The average Bonchev–Trinajstić information content (AvgIpc) is 2.99. The average molecular weight is 559 g/mol. The maximum atomic E-state index is 11.8. The van der Waals surface area contributed by atoms with Crippen LogP contribution in [0.3, 0.4) is 0 Å². The Morgan fingerprint density at radius 1 is 0.854 bits per heavy atom. The van der Waals surface area contributed by atoms with Crippen molar-refractivity contribution in [3.8, 4) is 28.0 Å². The van der Waals surface area contributed by atoms with Gasteiger partial charge in [0.05, 0.1) is 26.4 Å². The quantitative estimate of drug-likeness (QED) is 0.108. The molecule has 0 unspecified atom stereocenters. The lowest BCUT2D eigenvalue weighted by Crippen LogP contribution is -2.31. The lowest BCUT2D eigenvalue weighted by molar-refractivity contribution is -0.139. The molecular weight excluding hydrogens is 512 g/mol. The summed E-state index contributed by atoms with van der Waals surface area (Å²) in [5, 5.41) is 19.9. The molecule has 0 aliphatic carbocycles. The maximum absolute atomic E-state index is 11.8. The van der Waals surface area contributed by atoms with Gasteiger partial charge < -0.3 is 19.7 Å². The second kappa shape index (κ2) is 15.6. The molecule has 0 saturated heterocycles. The Kier molecular flexibility index (Phi) is 12.2. The lowest BCUT2D eigenvalue weighted by Gasteiger charge is -2.29. The summed E-state index contributed by atoms with van der Waals surface area (Å²) < 4.78 is 11.6. The van der Waals surface area contributed by atoms with Crippen molar-refractivity contribution in [2.24, 2.45) is 5.41 Å². The van der Waals surface area contributed by atoms with Gasteiger partial charge in [-0.3, -0.25) is 0 Å². The standard InChI is InChI=1S/C36H46O5/c1-6-18-36(24-37,25-38)19-21-40-34-17-15-31(23-32(34)9-8-20-41-35(39)26(3)4)33-16-14-30(22-28(33)7-2)29-12-10-27(5)11-13-29/h10-17,22-23,37-38H,3,6-9,18-21,24-25H2,1-2,4-5H3. The van der Waals surface area contributed by atoms with Crippen molar-refractivity contribution in [3.63, 3.8) is 0 Å². The molecule has 0 spiro atoms. The van der Waals surface area contributed by atoms with E-state index in [0.717, 1.165) is 36.1 Å². The molecule has 0 atom stereocenters. The van der Waals surface area contributed by atoms with E-state index in [9.17, 15) is 15.0 Å². The van der Waals surface area contributed by atoms with Crippen molar-refractivity contribution in [1.29, 1.82) is 0 Å². The number of hydrogen-bond acceptors (Lipinski definition) is 5. The van der Waals surface area contributed by atoms with Crippen molar-refractivity contribution in [1.82, 2.24) is 0 Å². The summed E-state index contributed by atoms with van der Waals surface area (Å²) in [4.78, 5) is 11.8. The van der Waals surface area contributed by atoms with Gasteiger partial charge in [-0.05, 0) is 91.5 Å². The molecule has 3 aromatic carbocycles. The molecule has 2 N–H and O–H groups in total. The van der Waals surface area contributed by atoms with Gasteiger partial charge in [-0.2, -0.15) is 0 Å². The van der Waals surface area contributed by atoms with Crippen LogP contribution >= 0.6 is 0 Å². The highest BCUT2D eigenvalue weighted by atomic mass is 16.5. The Hall–Kier alpha value is -3.41. The van der Waals surface area contributed by atoms with E-state index >= 15 is 0 Å². The third kappa shape index (κ3) is 8.79. The first kappa shape index (κ1) is 32.1. The molecule has 5 nitrogen and oxygen atoms in total. The smallest absolute Gasteiger partial charge is 0.333 e. The largest absolute Gasteiger partial charge is 0.493 e. The molecule has 41 heavy (non-hydrogen) atoms. The second-order valence-electron chi connectivity index (χ2n) is 11.1. The summed E-state index contributed by atoms with van der Waals surface area (Å²) in [5.74, 6) is 0.396. The van der Waals surface area contributed by atoms with Gasteiger partial charge >= 0.3 is 5.97 Å². The predicted octanol–water partition coefficient (Wildman–Crippen LogP) is 7.48. The number of rotatable bonds is 16. The predicted molar refractivity (Wildman–Crippen MR) is 167 cm³/mol. The summed E-state index contributed by atoms with van der Waals surface area (Å²) in [7, 11) is 0. The van der Waals surface area contributed by atoms with E-state index in [1.54, 1.807) is 6.92 Å². The number of benzene rings is 3. The zero-order chi connectivity index (χ0) is 29.8. The number of aliphatic hydroxyl groups is 2. The van der Waals surface area contributed by atoms with E-state index in [1.165, 1.54) is 27.8 Å². The van der Waals surface area contributed by atoms with Crippen molar-refractivity contribution >= 4 is 5.97 Å². The third-order valence-electron chi connectivity index (χ3n) is 7.76. The van der Waals surface area contributed by atoms with Gasteiger partial charge in [-0.25, -0.2) is 4.79 Å². The topological polar surface area (TPSA) is 76.0 Å². The number of ether oxygens (including phenoxy) is 2. The highest BCUT2D eigenvalue weighted by Crippen LogP contribution is 2.34. The normalized spacial score (nSPS) is 11.4. The molecule has 0 aromatic heterocycles. The number of hydrogen-bond donors (Lipinski definition) is 2. The molecule has 5 heteroatoms. The van der Waals surface area contributed by atoms with Gasteiger partial charge in [0.25, 0.3) is 0 Å². The molecule has 0 aliphatic rings. The van der Waals surface area contributed by atoms with Crippen LogP contribution in [0.4, 0.5) is 0 Å². The first-order valence-electron chi connectivity index (χ1n) is 14.8. The summed E-state index contributed by atoms with van der Waals surface area (Å²) in [6.07, 6.45) is 4.41. The fourth-order valence-corrected chi connectivity index (χ4v) is 5.13. The number of aliphatic hydroxyl groups excluding tert-OH is 2. The molecule has 0 heterocycles. The van der Waals surface area contributed by atoms with Gasteiger partial charge in [0.15, 0.2) is 0 Å². The zero-order valence-electron chi connectivity index (χ0n) is 25.2. The Morgan fingerprint density at radius 2 is 1.51 bits per heavy atom. The van der Waals surface area contributed by atoms with E-state index in [2.05, 4.69) is 81.9 Å². The zero-order valence-corrected chi connectivity index (χ0v) is 25.2. The first-order valence-corrected chi connectivity index (χ1v) is 14.8. The molecule has 220 valence electrons. The van der Waals surface area contributed by atoms with Gasteiger partial charge in [-0.15, -0.1) is 0 Å². The summed E-state index contributed by atoms with van der Waals surface area (Å²) in [6.45, 7) is 12.2. The van der Waals surface area contributed by atoms with Gasteiger partial charge in [0.2, 0.25) is 0 Å². The van der Waals surface area contributed by atoms with Crippen molar-refractivity contribution in [2.75, 3.05) is 26.4 Å². The monoisotopic (exact) mass is 558 g/mol. The Labute approximate surface area is 245 Å². The van der Waals surface area contributed by atoms with Crippen LogP contribution in [0, 0.1) is 12.3 Å². The highest BCUT2D eigenvalue weighted by Gasteiger charge is 2.27. The molecule has 0 fully saturated rings. The minimum Gasteiger partial charge on any atom is -0.493 e. The molecule has 0 bridgehead atoms. The van der Waals surface area contributed by atoms with Gasteiger partial charge in [0.1, 0.15) is 5.75 Å². The van der Waals surface area contributed by atoms with Crippen molar-refractivity contribution in [3.05, 3.63) is 89.5 Å². The maximum Gasteiger partial charge on any atom is 0.333 e. The Balaban J connectivity index is 1.86. The first-order chi connectivity index (χ1) is 19.8. The highest BCUT2D eigenvalue weighted by molar-refractivity contribution is 5.86. The molecule has 0 radical (unpaired) electrons. The minimum absolute atomic E-state index is 0.0705. The third-order valence-corrected chi connectivity index (χ3v) is 7.76. The van der Waals surface area contributed by atoms with E-state index in [1.807, 2.05) is 6.07 Å². The summed E-state index contributed by atoms with van der Waals surface area (Å²) in [5.41, 5.74) is 8.11. The number of carbonyl (C=O) groups is 1. The van der Waals surface area contributed by atoms with Crippen molar-refractivity contribution < 1.29 is 24.5 Å². The van der Waals surface area contributed by atoms with Crippen LogP contribution in [-0.4, -0.2) is 42.6 Å². The number of carbonyl (C=O) groups excluding carboxylic acids is 1. The van der Waals surface area contributed by atoms with Crippen LogP contribution < -0.4 is 4.74 Å². The van der Waals surface area contributed by atoms with E-state index in [0.29, 0.717) is 38.0 Å². The molecule has 0 aliphatic heterocycles. The van der Waals surface area contributed by atoms with Gasteiger partial charge in [0, 0.05) is 11.0 Å². The molecule has 3 rings (SSSR count). The van der Waals surface area contributed by atoms with Crippen LogP contribution in [0.5, 0.6) is 5.75 Å². The van der Waals surface area contributed by atoms with Crippen LogP contribution in [0.25, 0.3) is 22.3 Å². The second-order valence-corrected chi connectivity index (χ2v) is 11.1. The van der Waals surface area contributed by atoms with Crippen LogP contribution in [-0.2, 0) is 22.4 Å². The molecule has 0 amide bonds. The minimum atomic E-state index is -0.541. The van der Waals surface area contributed by atoms with E-state index in [-0.39, 0.29) is 19.2 Å². The summed E-state index contributed by atoms with van der Waals surface area (Å²) in [6, 6.07) is 21.5. The Morgan fingerprint density at radius 3 is 2.15 bits per heavy atom. The van der Waals surface area contributed by atoms with Crippen molar-refractivity contribution in [2.45, 2.75) is 66.2 Å². The Bertz CT molecular complexity index is 1290. The van der Waals surface area contributed by atoms with Crippen LogP contribution in [0.1, 0.15) is 63.1 Å². The molecule has 3 aromatic rings. The fourth-order valence-electron chi connectivity index (χ4n) is 5.13. The van der Waals surface area contributed by atoms with E-state index in [4.69, 9.17) is 9.47 Å². The summed E-state index contributed by atoms with van der Waals surface area (Å²) >= 11 is 0.